The van der Waals surface area contributed by atoms with E-state index in [1.165, 1.54) is 0 Å². The first-order valence-corrected chi connectivity index (χ1v) is 3.18. The molecule has 60 valence electrons. The van der Waals surface area contributed by atoms with Crippen LogP contribution in [0.4, 0.5) is 4.53 Å². The summed E-state index contributed by atoms with van der Waals surface area (Å²) >= 11 is 0. The molecular weight excluding hydrogens is 143 g/mol. The first kappa shape index (κ1) is 9.69. The molecule has 0 spiro atoms. The molecule has 11 heavy (non-hydrogen) atoms. The van der Waals surface area contributed by atoms with Crippen LogP contribution < -0.4 is 4.94 Å². The summed E-state index contributed by atoms with van der Waals surface area (Å²) in [6.45, 7) is 7.93. The largest absolute Gasteiger partial charge is 0.294 e. The molecule has 0 N–H and O–H groups in total. The Balaban J connectivity index is 0.000000461. The predicted octanol–water partition coefficient (Wildman–Crippen LogP) is 3.06. The number of benzene rings is 1. The van der Waals surface area contributed by atoms with E-state index in [4.69, 9.17) is 0 Å². The van der Waals surface area contributed by atoms with Gasteiger partial charge in [-0.25, -0.2) is 0 Å². The van der Waals surface area contributed by atoms with Gasteiger partial charge >= 0.3 is 0 Å². The first-order chi connectivity index (χ1) is 5.33. The fourth-order valence-electron chi connectivity index (χ4n) is 0.590. The van der Waals surface area contributed by atoms with E-state index in [-0.39, 0.29) is 5.75 Å². The van der Waals surface area contributed by atoms with Crippen LogP contribution in [0.2, 0.25) is 0 Å². The average Bonchev–Trinajstić information content (AvgIpc) is 2.10. The molecule has 0 aliphatic heterocycles. The van der Waals surface area contributed by atoms with Crippen molar-refractivity contribution in [3.8, 4) is 5.75 Å². The molecule has 1 nitrogen and oxygen atoms in total. The Morgan fingerprint density at radius 2 is 1.64 bits per heavy atom. The minimum absolute atomic E-state index is 0.251. The minimum Gasteiger partial charge on any atom is -0.294 e. The molecule has 2 heteroatoms. The number of rotatable bonds is 1. The Hall–Kier alpha value is -1.31. The summed E-state index contributed by atoms with van der Waals surface area (Å²) in [5, 5.41) is 0. The molecule has 0 bridgehead atoms. The topological polar surface area (TPSA) is 9.23 Å². The SMILES string of the molecule is C=C.Cc1ccc(OF)cc1. The molecule has 0 saturated carbocycles. The van der Waals surface area contributed by atoms with Crippen LogP contribution in [0.25, 0.3) is 0 Å². The normalized spacial score (nSPS) is 7.82. The molecule has 0 heterocycles. The van der Waals surface area contributed by atoms with Gasteiger partial charge in [0.25, 0.3) is 0 Å². The summed E-state index contributed by atoms with van der Waals surface area (Å²) in [4.78, 5) is 3.47. The molecule has 1 aromatic carbocycles. The smallest absolute Gasteiger partial charge is 0.171 e. The quantitative estimate of drug-likeness (QED) is 0.565. The van der Waals surface area contributed by atoms with E-state index in [1.807, 2.05) is 6.92 Å². The molecule has 0 aliphatic rings. The molecule has 0 saturated heterocycles. The van der Waals surface area contributed by atoms with Crippen molar-refractivity contribution in [1.29, 1.82) is 0 Å². The zero-order chi connectivity index (χ0) is 8.69. The lowest BCUT2D eigenvalue weighted by molar-refractivity contribution is -0.00621. The van der Waals surface area contributed by atoms with Crippen LogP contribution in [0, 0.1) is 6.92 Å². The van der Waals surface area contributed by atoms with Crippen molar-refractivity contribution in [3.63, 3.8) is 0 Å². The molecule has 0 fully saturated rings. The molecule has 1 rings (SSSR count). The number of hydrogen-bond donors (Lipinski definition) is 0. The predicted molar refractivity (Wildman–Crippen MR) is 44.2 cm³/mol. The lowest BCUT2D eigenvalue weighted by Gasteiger charge is -1.92. The molecule has 1 aromatic rings. The van der Waals surface area contributed by atoms with Crippen molar-refractivity contribution in [3.05, 3.63) is 43.0 Å². The van der Waals surface area contributed by atoms with Gasteiger partial charge in [-0.15, -0.1) is 13.2 Å². The number of hydrogen-bond acceptors (Lipinski definition) is 1. The Morgan fingerprint density at radius 1 is 1.18 bits per heavy atom. The fourth-order valence-corrected chi connectivity index (χ4v) is 0.590. The van der Waals surface area contributed by atoms with E-state index in [0.29, 0.717) is 0 Å². The summed E-state index contributed by atoms with van der Waals surface area (Å²) in [6.07, 6.45) is 0. The van der Waals surface area contributed by atoms with Crippen molar-refractivity contribution < 1.29 is 9.47 Å². The van der Waals surface area contributed by atoms with Crippen molar-refractivity contribution in [2.45, 2.75) is 6.92 Å². The van der Waals surface area contributed by atoms with Crippen molar-refractivity contribution in [2.24, 2.45) is 0 Å². The second kappa shape index (κ2) is 5.47. The Bertz CT molecular complexity index is 193. The first-order valence-electron chi connectivity index (χ1n) is 3.18. The van der Waals surface area contributed by atoms with E-state index < -0.39 is 0 Å². The Labute approximate surface area is 66.0 Å². The van der Waals surface area contributed by atoms with Gasteiger partial charge in [-0.05, 0) is 19.1 Å². The van der Waals surface area contributed by atoms with Crippen molar-refractivity contribution in [1.82, 2.24) is 0 Å². The summed E-state index contributed by atoms with van der Waals surface area (Å²) in [5.41, 5.74) is 1.09. The van der Waals surface area contributed by atoms with Gasteiger partial charge in [-0.3, -0.25) is 4.94 Å². The average molecular weight is 154 g/mol. The van der Waals surface area contributed by atoms with Gasteiger partial charge in [0.1, 0.15) is 0 Å². The van der Waals surface area contributed by atoms with Crippen LogP contribution in [0.3, 0.4) is 0 Å². The molecule has 0 radical (unpaired) electrons. The van der Waals surface area contributed by atoms with Crippen molar-refractivity contribution in [2.75, 3.05) is 0 Å². The van der Waals surface area contributed by atoms with E-state index in [0.717, 1.165) is 5.56 Å². The number of halogens is 1. The Morgan fingerprint density at radius 3 is 2.00 bits per heavy atom. The minimum atomic E-state index is 0.251. The van der Waals surface area contributed by atoms with Gasteiger partial charge in [0.15, 0.2) is 5.75 Å². The summed E-state index contributed by atoms with van der Waals surface area (Å²) in [6, 6.07) is 6.73. The van der Waals surface area contributed by atoms with Gasteiger partial charge < -0.3 is 0 Å². The highest BCUT2D eigenvalue weighted by Gasteiger charge is 1.88. The third kappa shape index (κ3) is 3.40. The van der Waals surface area contributed by atoms with Gasteiger partial charge in [0, 0.05) is 4.53 Å². The molecule has 0 aliphatic carbocycles. The van der Waals surface area contributed by atoms with E-state index in [9.17, 15) is 4.53 Å². The third-order valence-electron chi connectivity index (χ3n) is 1.11. The standard InChI is InChI=1S/C7H7FO.C2H4/c1-6-2-4-7(9-8)5-3-6;1-2/h2-5H,1H3;1-2H2. The van der Waals surface area contributed by atoms with Gasteiger partial charge in [-0.2, -0.15) is 0 Å². The zero-order valence-electron chi connectivity index (χ0n) is 6.51. The maximum absolute atomic E-state index is 11.4. The van der Waals surface area contributed by atoms with Gasteiger partial charge in [0.05, 0.1) is 0 Å². The van der Waals surface area contributed by atoms with Crippen LogP contribution in [0.1, 0.15) is 5.56 Å². The lowest BCUT2D eigenvalue weighted by atomic mass is 10.2. The second-order valence-corrected chi connectivity index (χ2v) is 1.89. The maximum Gasteiger partial charge on any atom is 0.171 e. The molecular formula is C9H11FO. The monoisotopic (exact) mass is 154 g/mol. The number of aryl methyl sites for hydroxylation is 1. The van der Waals surface area contributed by atoms with Crippen LogP contribution >= 0.6 is 0 Å². The molecule has 0 unspecified atom stereocenters. The Kier molecular flexibility index (Phi) is 4.82. The van der Waals surface area contributed by atoms with Crippen LogP contribution in [-0.4, -0.2) is 0 Å². The van der Waals surface area contributed by atoms with Gasteiger partial charge in [-0.1, -0.05) is 17.7 Å². The van der Waals surface area contributed by atoms with Gasteiger partial charge in [0.2, 0.25) is 0 Å². The highest BCUT2D eigenvalue weighted by molar-refractivity contribution is 5.25. The van der Waals surface area contributed by atoms with E-state index in [1.54, 1.807) is 24.3 Å². The summed E-state index contributed by atoms with van der Waals surface area (Å²) < 4.78 is 11.4. The van der Waals surface area contributed by atoms with E-state index in [2.05, 4.69) is 18.1 Å². The maximum atomic E-state index is 11.4. The van der Waals surface area contributed by atoms with Crippen LogP contribution in [0.5, 0.6) is 5.75 Å². The zero-order valence-corrected chi connectivity index (χ0v) is 6.51. The third-order valence-corrected chi connectivity index (χ3v) is 1.11. The molecule has 0 amide bonds. The molecule has 0 atom stereocenters. The fraction of sp³-hybridized carbons (Fsp3) is 0.111. The summed E-state index contributed by atoms with van der Waals surface area (Å²) in [7, 11) is 0. The highest BCUT2D eigenvalue weighted by atomic mass is 19.3. The van der Waals surface area contributed by atoms with Crippen LogP contribution in [-0.2, 0) is 0 Å². The highest BCUT2D eigenvalue weighted by Crippen LogP contribution is 2.10. The second-order valence-electron chi connectivity index (χ2n) is 1.89. The van der Waals surface area contributed by atoms with E-state index >= 15 is 0 Å². The summed E-state index contributed by atoms with van der Waals surface area (Å²) in [5.74, 6) is 0.251. The lowest BCUT2D eigenvalue weighted by Crippen LogP contribution is -1.75. The molecule has 0 aromatic heterocycles. The van der Waals surface area contributed by atoms with Crippen LogP contribution in [0.15, 0.2) is 37.4 Å². The van der Waals surface area contributed by atoms with Crippen molar-refractivity contribution >= 4 is 0 Å².